The Morgan fingerprint density at radius 2 is 1.04 bits per heavy atom. The fourth-order valence-corrected chi connectivity index (χ4v) is 5.58. The molecular weight excluding hydrogens is 630 g/mol. The number of carboxylic acid groups (broad SMARTS) is 2. The van der Waals surface area contributed by atoms with Crippen LogP contribution in [0.3, 0.4) is 0 Å². The molecule has 0 aromatic heterocycles. The molecule has 1 aliphatic heterocycles. The summed E-state index contributed by atoms with van der Waals surface area (Å²) in [6, 6.07) is 0. The summed E-state index contributed by atoms with van der Waals surface area (Å²) in [6.07, 6.45) is 1.85. The summed E-state index contributed by atoms with van der Waals surface area (Å²) >= 11 is 0. The number of carboxylic acids is 2. The van der Waals surface area contributed by atoms with E-state index in [2.05, 4.69) is 0 Å². The number of carbonyl (C=O) groups excluding carboxylic acids is 5. The number of nitrogens with zero attached hydrogens (tertiary/aromatic N) is 1. The number of hydrogen-bond acceptors (Lipinski definition) is 7. The maximum Gasteiger partial charge on any atom is 0.329 e. The van der Waals surface area contributed by atoms with E-state index in [0.29, 0.717) is 16.7 Å². The summed E-state index contributed by atoms with van der Waals surface area (Å²) in [6.45, 7) is 20.4. The van der Waals surface area contributed by atoms with E-state index in [-0.39, 0.29) is 38.1 Å². The number of carbonyl (C=O) groups is 7. The lowest BCUT2D eigenvalue weighted by Crippen LogP contribution is -2.53. The first-order valence-corrected chi connectivity index (χ1v) is 15.9. The molecule has 0 spiro atoms. The number of primary amides is 2. The third kappa shape index (κ3) is 9.18. The standard InChI is InChI=1S/C18H24N2O4.C12H14O2.C7H13NO3/c1-9-10(2)12(4)15-13(11(9)3)8-20(16(15)22)18(5,17(23)24)7-6-14(19)21;1-7-8(2)10(4)12(6-14)11(5-13)9(7)3;1-7(2,6(10)11)4-3-5(8)9/h6-8H2,1-5H3,(H2,19,21)(H,23,24);5-6H,1-4H3;3-4H2,1-2H3,(H2,8,9)(H,10,11). The highest BCUT2D eigenvalue weighted by Crippen LogP contribution is 2.38. The molecule has 268 valence electrons. The zero-order valence-corrected chi connectivity index (χ0v) is 30.5. The molecular formula is C37H51N3O9. The van der Waals surface area contributed by atoms with Crippen LogP contribution < -0.4 is 11.5 Å². The number of rotatable bonds is 11. The molecule has 0 saturated heterocycles. The zero-order chi connectivity index (χ0) is 38.3. The highest BCUT2D eigenvalue weighted by molar-refractivity contribution is 6.03. The lowest BCUT2D eigenvalue weighted by molar-refractivity contribution is -0.150. The number of aliphatic carboxylic acids is 2. The Balaban J connectivity index is 0.000000407. The number of hydrogen-bond donors (Lipinski definition) is 4. The Kier molecular flexibility index (Phi) is 14.2. The summed E-state index contributed by atoms with van der Waals surface area (Å²) < 4.78 is 0. The van der Waals surface area contributed by atoms with Crippen LogP contribution >= 0.6 is 0 Å². The number of aldehydes is 2. The molecule has 3 amide bonds. The molecule has 6 N–H and O–H groups in total. The number of benzene rings is 2. The fraction of sp³-hybridized carbons (Fsp3) is 0.486. The van der Waals surface area contributed by atoms with Gasteiger partial charge in [-0.25, -0.2) is 4.79 Å². The second kappa shape index (κ2) is 16.5. The molecule has 0 saturated carbocycles. The second-order valence-corrected chi connectivity index (χ2v) is 13.5. The van der Waals surface area contributed by atoms with E-state index in [9.17, 15) is 38.7 Å². The molecule has 2 aromatic carbocycles. The van der Waals surface area contributed by atoms with E-state index in [4.69, 9.17) is 16.6 Å². The van der Waals surface area contributed by atoms with E-state index in [1.54, 1.807) is 13.8 Å². The Hall–Kier alpha value is -4.87. The van der Waals surface area contributed by atoms with E-state index in [1.807, 2.05) is 55.4 Å². The van der Waals surface area contributed by atoms with Gasteiger partial charge in [0.1, 0.15) is 5.54 Å². The van der Waals surface area contributed by atoms with Gasteiger partial charge in [0.2, 0.25) is 11.8 Å². The van der Waals surface area contributed by atoms with Crippen LogP contribution in [0.4, 0.5) is 0 Å². The van der Waals surface area contributed by atoms with Crippen LogP contribution in [0.15, 0.2) is 0 Å². The van der Waals surface area contributed by atoms with Gasteiger partial charge in [-0.15, -0.1) is 0 Å². The number of amides is 3. The van der Waals surface area contributed by atoms with Gasteiger partial charge >= 0.3 is 11.9 Å². The SMILES string of the molecule is CC(C)(CCC(N)=O)C(=O)O.Cc1c(C)c(C)c(C=O)c(C=O)c1C.Cc1c(C)c(C)c2c(c1C)CN(C(C)(CCC(N)=O)C(=O)O)C2=O. The van der Waals surface area contributed by atoms with Crippen molar-refractivity contribution in [3.63, 3.8) is 0 Å². The monoisotopic (exact) mass is 681 g/mol. The third-order valence-electron chi connectivity index (χ3n) is 10.1. The molecule has 49 heavy (non-hydrogen) atoms. The highest BCUT2D eigenvalue weighted by Gasteiger charge is 2.47. The van der Waals surface area contributed by atoms with Crippen molar-refractivity contribution in [3.05, 3.63) is 66.8 Å². The lowest BCUT2D eigenvalue weighted by atomic mass is 9.88. The van der Waals surface area contributed by atoms with Crippen LogP contribution in [0.5, 0.6) is 0 Å². The van der Waals surface area contributed by atoms with Crippen molar-refractivity contribution in [2.45, 2.75) is 114 Å². The van der Waals surface area contributed by atoms with Crippen LogP contribution in [0.2, 0.25) is 0 Å². The molecule has 0 radical (unpaired) electrons. The largest absolute Gasteiger partial charge is 0.481 e. The van der Waals surface area contributed by atoms with Gasteiger partial charge < -0.3 is 26.6 Å². The number of fused-ring (bicyclic) bond motifs is 1. The Morgan fingerprint density at radius 3 is 1.41 bits per heavy atom. The molecule has 1 heterocycles. The van der Waals surface area contributed by atoms with Gasteiger partial charge in [0, 0.05) is 36.1 Å². The Morgan fingerprint density at radius 1 is 0.653 bits per heavy atom. The smallest absolute Gasteiger partial charge is 0.329 e. The van der Waals surface area contributed by atoms with Crippen molar-refractivity contribution in [1.82, 2.24) is 4.90 Å². The predicted octanol–water partition coefficient (Wildman–Crippen LogP) is 4.89. The van der Waals surface area contributed by atoms with E-state index in [0.717, 1.165) is 62.6 Å². The van der Waals surface area contributed by atoms with Gasteiger partial charge in [0.05, 0.1) is 5.41 Å². The van der Waals surface area contributed by atoms with Crippen LogP contribution in [0.1, 0.15) is 128 Å². The summed E-state index contributed by atoms with van der Waals surface area (Å²) in [5.41, 5.74) is 18.3. The Labute approximate surface area is 288 Å². The quantitative estimate of drug-likeness (QED) is 0.237. The van der Waals surface area contributed by atoms with Gasteiger partial charge in [0.15, 0.2) is 12.6 Å². The van der Waals surface area contributed by atoms with Crippen molar-refractivity contribution in [2.75, 3.05) is 0 Å². The average Bonchev–Trinajstić information content (AvgIpc) is 3.39. The average molecular weight is 682 g/mol. The molecule has 12 nitrogen and oxygen atoms in total. The van der Waals surface area contributed by atoms with E-state index < -0.39 is 34.7 Å². The van der Waals surface area contributed by atoms with E-state index >= 15 is 0 Å². The van der Waals surface area contributed by atoms with Crippen LogP contribution in [0, 0.1) is 60.8 Å². The first kappa shape index (κ1) is 42.2. The highest BCUT2D eigenvalue weighted by atomic mass is 16.4. The zero-order valence-electron chi connectivity index (χ0n) is 30.5. The number of nitrogens with two attached hydrogens (primary N) is 2. The molecule has 2 aromatic rings. The first-order valence-electron chi connectivity index (χ1n) is 15.9. The van der Waals surface area contributed by atoms with Gasteiger partial charge in [-0.2, -0.15) is 0 Å². The molecule has 0 bridgehead atoms. The minimum atomic E-state index is -1.47. The summed E-state index contributed by atoms with van der Waals surface area (Å²) in [5.74, 6) is -3.36. The van der Waals surface area contributed by atoms with Crippen LogP contribution in [0.25, 0.3) is 0 Å². The third-order valence-corrected chi connectivity index (χ3v) is 10.1. The molecule has 1 unspecified atom stereocenters. The summed E-state index contributed by atoms with van der Waals surface area (Å²) in [7, 11) is 0. The maximum absolute atomic E-state index is 13.0. The molecule has 0 aliphatic carbocycles. The van der Waals surface area contributed by atoms with Crippen molar-refractivity contribution >= 4 is 42.2 Å². The predicted molar refractivity (Wildman–Crippen MR) is 186 cm³/mol. The van der Waals surface area contributed by atoms with Crippen LogP contribution in [-0.2, 0) is 25.7 Å². The molecule has 12 heteroatoms. The van der Waals surface area contributed by atoms with E-state index in [1.165, 1.54) is 11.8 Å². The first-order chi connectivity index (χ1) is 22.4. The molecule has 0 fully saturated rings. The normalized spacial score (nSPS) is 13.2. The van der Waals surface area contributed by atoms with Gasteiger partial charge in [-0.1, -0.05) is 0 Å². The van der Waals surface area contributed by atoms with Crippen molar-refractivity contribution in [1.29, 1.82) is 0 Å². The molecule has 1 atom stereocenters. The topological polar surface area (TPSA) is 215 Å². The molecule has 3 rings (SSSR count). The van der Waals surface area contributed by atoms with Crippen LogP contribution in [-0.4, -0.2) is 62.9 Å². The van der Waals surface area contributed by atoms with Crippen molar-refractivity contribution < 1.29 is 43.8 Å². The summed E-state index contributed by atoms with van der Waals surface area (Å²) in [4.78, 5) is 79.8. The van der Waals surface area contributed by atoms with Gasteiger partial charge in [0.25, 0.3) is 5.91 Å². The summed E-state index contributed by atoms with van der Waals surface area (Å²) in [5, 5.41) is 18.3. The van der Waals surface area contributed by atoms with Crippen molar-refractivity contribution in [2.24, 2.45) is 16.9 Å². The second-order valence-electron chi connectivity index (χ2n) is 13.5. The van der Waals surface area contributed by atoms with Gasteiger partial charge in [-0.3, -0.25) is 28.8 Å². The Bertz CT molecular complexity index is 1650. The van der Waals surface area contributed by atoms with Crippen molar-refractivity contribution in [3.8, 4) is 0 Å². The minimum absolute atomic E-state index is 0.00649. The lowest BCUT2D eigenvalue weighted by Gasteiger charge is -2.34. The molecule has 1 aliphatic rings. The van der Waals surface area contributed by atoms with Gasteiger partial charge in [-0.05, 0) is 139 Å². The fourth-order valence-electron chi connectivity index (χ4n) is 5.58. The maximum atomic E-state index is 13.0. The minimum Gasteiger partial charge on any atom is -0.481 e.